The highest BCUT2D eigenvalue weighted by atomic mass is 16.3. The van der Waals surface area contributed by atoms with Crippen LogP contribution in [0.25, 0.3) is 0 Å². The van der Waals surface area contributed by atoms with Crippen molar-refractivity contribution < 1.29 is 10.2 Å². The van der Waals surface area contributed by atoms with E-state index >= 15 is 0 Å². The summed E-state index contributed by atoms with van der Waals surface area (Å²) in [5.41, 5.74) is 7.20. The Kier molecular flexibility index (Phi) is 5.83. The molecule has 0 aliphatic carbocycles. The van der Waals surface area contributed by atoms with Crippen molar-refractivity contribution in [1.82, 2.24) is 0 Å². The van der Waals surface area contributed by atoms with E-state index in [-0.39, 0.29) is 13.2 Å². The third-order valence-corrected chi connectivity index (χ3v) is 3.92. The molecule has 18 heavy (non-hydrogen) atoms. The molecule has 0 spiro atoms. The average Bonchev–Trinajstić information content (AvgIpc) is 2.43. The fourth-order valence-electron chi connectivity index (χ4n) is 3.18. The Morgan fingerprint density at radius 2 is 0.722 bits per heavy atom. The molecule has 0 aromatic heterocycles. The number of hydrogen-bond acceptors (Lipinski definition) is 2. The Morgan fingerprint density at radius 3 is 0.833 bits per heavy atom. The maximum Gasteiger partial charge on any atom is 0.0687 e. The van der Waals surface area contributed by atoms with E-state index in [0.29, 0.717) is 0 Å². The van der Waals surface area contributed by atoms with Gasteiger partial charge in [0.2, 0.25) is 0 Å². The van der Waals surface area contributed by atoms with Crippen LogP contribution in [-0.4, -0.2) is 10.2 Å². The molecule has 1 aromatic carbocycles. The van der Waals surface area contributed by atoms with Gasteiger partial charge in [-0.3, -0.25) is 0 Å². The molecular weight excluding hydrogens is 224 g/mol. The van der Waals surface area contributed by atoms with Crippen LogP contribution in [0.5, 0.6) is 0 Å². The van der Waals surface area contributed by atoms with Crippen molar-refractivity contribution in [1.29, 1.82) is 0 Å². The quantitative estimate of drug-likeness (QED) is 0.815. The molecule has 2 N–H and O–H groups in total. The summed E-state index contributed by atoms with van der Waals surface area (Å²) in [5.74, 6) is 0. The van der Waals surface area contributed by atoms with Crippen LogP contribution < -0.4 is 0 Å². The molecule has 0 unspecified atom stereocenters. The number of aliphatic hydroxyl groups is 2. The highest BCUT2D eigenvalue weighted by molar-refractivity contribution is 5.52. The highest BCUT2D eigenvalue weighted by Crippen LogP contribution is 2.30. The summed E-state index contributed by atoms with van der Waals surface area (Å²) in [7, 11) is 0. The summed E-state index contributed by atoms with van der Waals surface area (Å²) in [4.78, 5) is 0. The molecule has 0 radical (unpaired) electrons. The maximum absolute atomic E-state index is 9.70. The van der Waals surface area contributed by atoms with E-state index in [1.54, 1.807) is 0 Å². The second-order valence-electron chi connectivity index (χ2n) is 4.60. The number of rotatable bonds is 6. The van der Waals surface area contributed by atoms with Gasteiger partial charge >= 0.3 is 0 Å². The van der Waals surface area contributed by atoms with E-state index in [2.05, 4.69) is 27.7 Å². The van der Waals surface area contributed by atoms with Crippen LogP contribution in [0, 0.1) is 0 Å². The number of hydrogen-bond donors (Lipinski definition) is 2. The smallest absolute Gasteiger partial charge is 0.0687 e. The summed E-state index contributed by atoms with van der Waals surface area (Å²) < 4.78 is 0. The largest absolute Gasteiger partial charge is 0.392 e. The first-order valence-electron chi connectivity index (χ1n) is 7.08. The van der Waals surface area contributed by atoms with Crippen molar-refractivity contribution in [3.63, 3.8) is 0 Å². The van der Waals surface area contributed by atoms with Gasteiger partial charge in [0.1, 0.15) is 0 Å². The molecular formula is C16H26O2. The van der Waals surface area contributed by atoms with Crippen molar-refractivity contribution in [2.24, 2.45) is 0 Å². The van der Waals surface area contributed by atoms with Gasteiger partial charge in [0.15, 0.2) is 0 Å². The van der Waals surface area contributed by atoms with Crippen LogP contribution in [0.3, 0.4) is 0 Å². The zero-order chi connectivity index (χ0) is 13.7. The molecule has 0 heterocycles. The van der Waals surface area contributed by atoms with Crippen LogP contribution in [0.2, 0.25) is 0 Å². The van der Waals surface area contributed by atoms with Gasteiger partial charge in [0.05, 0.1) is 13.2 Å². The summed E-state index contributed by atoms with van der Waals surface area (Å²) in [6.07, 6.45) is 3.68. The molecule has 0 atom stereocenters. The molecule has 1 rings (SSSR count). The third kappa shape index (κ3) is 2.45. The second kappa shape index (κ2) is 6.91. The predicted octanol–water partition coefficient (Wildman–Crippen LogP) is 2.92. The lowest BCUT2D eigenvalue weighted by atomic mass is 9.83. The summed E-state index contributed by atoms with van der Waals surface area (Å²) in [6, 6.07) is 0. The molecule has 0 aliphatic heterocycles. The van der Waals surface area contributed by atoms with Gasteiger partial charge in [-0.25, -0.2) is 0 Å². The van der Waals surface area contributed by atoms with Gasteiger partial charge in [-0.1, -0.05) is 27.7 Å². The van der Waals surface area contributed by atoms with Crippen LogP contribution in [0.4, 0.5) is 0 Å². The lowest BCUT2D eigenvalue weighted by Gasteiger charge is -2.23. The molecule has 2 nitrogen and oxygen atoms in total. The van der Waals surface area contributed by atoms with E-state index in [9.17, 15) is 10.2 Å². The van der Waals surface area contributed by atoms with Gasteiger partial charge in [0, 0.05) is 0 Å². The van der Waals surface area contributed by atoms with Crippen LogP contribution >= 0.6 is 0 Å². The van der Waals surface area contributed by atoms with Crippen molar-refractivity contribution in [2.45, 2.75) is 66.6 Å². The number of benzene rings is 1. The summed E-state index contributed by atoms with van der Waals surface area (Å²) >= 11 is 0. The van der Waals surface area contributed by atoms with E-state index in [1.807, 2.05) is 0 Å². The Hall–Kier alpha value is -0.860. The van der Waals surface area contributed by atoms with Crippen molar-refractivity contribution in [2.75, 3.05) is 0 Å². The van der Waals surface area contributed by atoms with Crippen molar-refractivity contribution >= 4 is 0 Å². The minimum Gasteiger partial charge on any atom is -0.392 e. The monoisotopic (exact) mass is 250 g/mol. The molecule has 1 aromatic rings. The molecule has 0 aliphatic rings. The Morgan fingerprint density at radius 1 is 0.500 bits per heavy atom. The molecule has 0 saturated carbocycles. The zero-order valence-electron chi connectivity index (χ0n) is 12.1. The second-order valence-corrected chi connectivity index (χ2v) is 4.60. The van der Waals surface area contributed by atoms with E-state index in [1.165, 1.54) is 22.3 Å². The van der Waals surface area contributed by atoms with E-state index < -0.39 is 0 Å². The zero-order valence-corrected chi connectivity index (χ0v) is 12.1. The standard InChI is InChI=1S/C16H26O2/c1-5-11-12(6-2)16(10-18)14(8-4)13(7-3)15(11)9-17/h17-18H,5-10H2,1-4H3. The third-order valence-electron chi connectivity index (χ3n) is 3.92. The van der Waals surface area contributed by atoms with Crippen LogP contribution in [-0.2, 0) is 38.9 Å². The molecule has 0 bridgehead atoms. The van der Waals surface area contributed by atoms with Crippen molar-refractivity contribution in [3.8, 4) is 0 Å². The van der Waals surface area contributed by atoms with Gasteiger partial charge < -0.3 is 10.2 Å². The predicted molar refractivity (Wildman–Crippen MR) is 75.8 cm³/mol. The lowest BCUT2D eigenvalue weighted by molar-refractivity contribution is 0.274. The lowest BCUT2D eigenvalue weighted by Crippen LogP contribution is -2.12. The van der Waals surface area contributed by atoms with Crippen LogP contribution in [0.1, 0.15) is 61.1 Å². The maximum atomic E-state index is 9.70. The van der Waals surface area contributed by atoms with Crippen LogP contribution in [0.15, 0.2) is 0 Å². The molecule has 102 valence electrons. The fraction of sp³-hybridized carbons (Fsp3) is 0.625. The van der Waals surface area contributed by atoms with Gasteiger partial charge in [-0.2, -0.15) is 0 Å². The van der Waals surface area contributed by atoms with E-state index in [4.69, 9.17) is 0 Å². The van der Waals surface area contributed by atoms with E-state index in [0.717, 1.165) is 36.8 Å². The molecule has 0 fully saturated rings. The first-order chi connectivity index (χ1) is 8.69. The minimum atomic E-state index is 0.109. The summed E-state index contributed by atoms with van der Waals surface area (Å²) in [5, 5.41) is 19.4. The molecule has 0 saturated heterocycles. The SMILES string of the molecule is CCc1c(CC)c(CO)c(CC)c(CC)c1CO. The topological polar surface area (TPSA) is 40.5 Å². The van der Waals surface area contributed by atoms with Gasteiger partial charge in [-0.05, 0) is 59.1 Å². The average molecular weight is 250 g/mol. The van der Waals surface area contributed by atoms with Gasteiger partial charge in [0.25, 0.3) is 0 Å². The number of aliphatic hydroxyl groups excluding tert-OH is 2. The Bertz CT molecular complexity index is 288. The van der Waals surface area contributed by atoms with Gasteiger partial charge in [-0.15, -0.1) is 0 Å². The molecule has 2 heteroatoms. The first kappa shape index (κ1) is 15.2. The Labute approximate surface area is 111 Å². The highest BCUT2D eigenvalue weighted by Gasteiger charge is 2.19. The minimum absolute atomic E-state index is 0.109. The first-order valence-corrected chi connectivity index (χ1v) is 7.08. The summed E-state index contributed by atoms with van der Waals surface area (Å²) in [6.45, 7) is 8.72. The van der Waals surface area contributed by atoms with Crippen molar-refractivity contribution in [3.05, 3.63) is 33.4 Å². The fourth-order valence-corrected chi connectivity index (χ4v) is 3.18. The normalized spacial score (nSPS) is 11.0. The molecule has 0 amide bonds. The Balaban J connectivity index is 3.71.